The highest BCUT2D eigenvalue weighted by Crippen LogP contribution is 2.24. The van der Waals surface area contributed by atoms with E-state index in [2.05, 4.69) is 10.4 Å². The fourth-order valence-electron chi connectivity index (χ4n) is 2.04. The van der Waals surface area contributed by atoms with Gasteiger partial charge in [-0.15, -0.1) is 0 Å². The van der Waals surface area contributed by atoms with Crippen molar-refractivity contribution in [1.82, 2.24) is 14.7 Å². The van der Waals surface area contributed by atoms with Crippen molar-refractivity contribution >= 4 is 11.7 Å². The van der Waals surface area contributed by atoms with Crippen LogP contribution in [-0.4, -0.2) is 48.1 Å². The molecule has 1 aromatic carbocycles. The summed E-state index contributed by atoms with van der Waals surface area (Å²) < 4.78 is 12.3. The maximum atomic E-state index is 12.3. The molecule has 7 heteroatoms. The number of hydrogen-bond donors (Lipinski definition) is 1. The summed E-state index contributed by atoms with van der Waals surface area (Å²) in [5.74, 6) is 0.618. The van der Waals surface area contributed by atoms with Gasteiger partial charge in [0.2, 0.25) is 0 Å². The van der Waals surface area contributed by atoms with Crippen molar-refractivity contribution in [2.45, 2.75) is 6.54 Å². The van der Waals surface area contributed by atoms with Crippen molar-refractivity contribution in [3.05, 3.63) is 42.2 Å². The number of nitrogens with one attached hydrogen (secondary N) is 1. The van der Waals surface area contributed by atoms with Gasteiger partial charge in [0.1, 0.15) is 12.4 Å². The molecule has 0 atom stereocenters. The first-order chi connectivity index (χ1) is 11.1. The minimum atomic E-state index is -0.211. The van der Waals surface area contributed by atoms with Crippen LogP contribution >= 0.6 is 0 Å². The van der Waals surface area contributed by atoms with E-state index in [4.69, 9.17) is 9.47 Å². The van der Waals surface area contributed by atoms with Gasteiger partial charge < -0.3 is 19.7 Å². The maximum absolute atomic E-state index is 12.3. The molecule has 1 aromatic heterocycles. The van der Waals surface area contributed by atoms with E-state index in [1.807, 2.05) is 31.4 Å². The Bertz CT molecular complexity index is 642. The first kappa shape index (κ1) is 16.8. The Morgan fingerprint density at radius 2 is 2.13 bits per heavy atom. The number of benzene rings is 1. The molecule has 0 fully saturated rings. The largest absolute Gasteiger partial charge is 0.489 e. The van der Waals surface area contributed by atoms with Crippen molar-refractivity contribution in [1.29, 1.82) is 0 Å². The zero-order valence-electron chi connectivity index (χ0n) is 13.7. The maximum Gasteiger partial charge on any atom is 0.321 e. The molecule has 1 heterocycles. The SMILES string of the molecule is COCCOc1ccccc1NC(=O)N(C)Cc1cnn(C)c1. The molecule has 124 valence electrons. The standard InChI is InChI=1S/C16H22N4O3/c1-19(11-13-10-17-20(2)12-13)16(21)18-14-6-4-5-7-15(14)23-9-8-22-3/h4-7,10,12H,8-9,11H2,1-3H3,(H,18,21). The number of hydrogen-bond acceptors (Lipinski definition) is 4. The zero-order chi connectivity index (χ0) is 16.7. The molecule has 0 unspecified atom stereocenters. The average molecular weight is 318 g/mol. The van der Waals surface area contributed by atoms with Gasteiger partial charge in [-0.25, -0.2) is 4.79 Å². The number of carbonyl (C=O) groups is 1. The van der Waals surface area contributed by atoms with Gasteiger partial charge in [-0.3, -0.25) is 4.68 Å². The average Bonchev–Trinajstić information content (AvgIpc) is 2.94. The molecule has 0 aliphatic heterocycles. The Morgan fingerprint density at radius 1 is 1.35 bits per heavy atom. The molecule has 7 nitrogen and oxygen atoms in total. The van der Waals surface area contributed by atoms with Crippen LogP contribution in [0.25, 0.3) is 0 Å². The van der Waals surface area contributed by atoms with E-state index in [1.54, 1.807) is 36.0 Å². The Kier molecular flexibility index (Phi) is 5.99. The first-order valence-corrected chi connectivity index (χ1v) is 7.30. The van der Waals surface area contributed by atoms with Crippen molar-refractivity contribution in [3.8, 4) is 5.75 Å². The lowest BCUT2D eigenvalue weighted by Crippen LogP contribution is -2.30. The summed E-state index contributed by atoms with van der Waals surface area (Å²) in [6.07, 6.45) is 3.62. The van der Waals surface area contributed by atoms with Crippen molar-refractivity contribution in [3.63, 3.8) is 0 Å². The third kappa shape index (κ3) is 5.00. The number of ether oxygens (including phenoxy) is 2. The van der Waals surface area contributed by atoms with Crippen LogP contribution in [-0.2, 0) is 18.3 Å². The summed E-state index contributed by atoms with van der Waals surface area (Å²) in [4.78, 5) is 13.9. The smallest absolute Gasteiger partial charge is 0.321 e. The second kappa shape index (κ2) is 8.19. The van der Waals surface area contributed by atoms with Crippen molar-refractivity contribution in [2.75, 3.05) is 32.7 Å². The number of para-hydroxylation sites is 2. The lowest BCUT2D eigenvalue weighted by Gasteiger charge is -2.18. The van der Waals surface area contributed by atoms with Gasteiger partial charge >= 0.3 is 6.03 Å². The number of urea groups is 1. The Balaban J connectivity index is 1.96. The van der Waals surface area contributed by atoms with Gasteiger partial charge in [0, 0.05) is 33.0 Å². The third-order valence-corrected chi connectivity index (χ3v) is 3.20. The quantitative estimate of drug-likeness (QED) is 0.794. The highest BCUT2D eigenvalue weighted by Gasteiger charge is 2.12. The first-order valence-electron chi connectivity index (χ1n) is 7.30. The summed E-state index contributed by atoms with van der Waals surface area (Å²) in [6.45, 7) is 1.39. The Hall–Kier alpha value is -2.54. The Labute approximate surface area is 135 Å². The fourth-order valence-corrected chi connectivity index (χ4v) is 2.04. The molecule has 0 radical (unpaired) electrons. The number of aryl methyl sites for hydroxylation is 1. The van der Waals surface area contributed by atoms with Crippen LogP contribution in [0.5, 0.6) is 5.75 Å². The highest BCUT2D eigenvalue weighted by molar-refractivity contribution is 5.90. The predicted molar refractivity (Wildman–Crippen MR) is 87.5 cm³/mol. The molecule has 0 aliphatic carbocycles. The van der Waals surface area contributed by atoms with Crippen LogP contribution in [0.3, 0.4) is 0 Å². The van der Waals surface area contributed by atoms with Crippen molar-refractivity contribution in [2.24, 2.45) is 7.05 Å². The van der Waals surface area contributed by atoms with Gasteiger partial charge in [-0.05, 0) is 12.1 Å². The molecule has 2 amide bonds. The highest BCUT2D eigenvalue weighted by atomic mass is 16.5. The summed E-state index contributed by atoms with van der Waals surface area (Å²) in [5.41, 5.74) is 1.60. The van der Waals surface area contributed by atoms with Crippen LogP contribution in [0.1, 0.15) is 5.56 Å². The van der Waals surface area contributed by atoms with Gasteiger partial charge in [0.05, 0.1) is 25.0 Å². The summed E-state index contributed by atoms with van der Waals surface area (Å²) >= 11 is 0. The van der Waals surface area contributed by atoms with Gasteiger partial charge in [-0.2, -0.15) is 5.10 Å². The molecule has 0 bridgehead atoms. The number of methoxy groups -OCH3 is 1. The molecule has 0 saturated carbocycles. The molecular formula is C16H22N4O3. The number of carbonyl (C=O) groups excluding carboxylic acids is 1. The van der Waals surface area contributed by atoms with E-state index in [1.165, 1.54) is 0 Å². The van der Waals surface area contributed by atoms with Crippen molar-refractivity contribution < 1.29 is 14.3 Å². The minimum Gasteiger partial charge on any atom is -0.489 e. The second-order valence-electron chi connectivity index (χ2n) is 5.15. The van der Waals surface area contributed by atoms with E-state index in [9.17, 15) is 4.79 Å². The molecule has 0 saturated heterocycles. The van der Waals surface area contributed by atoms with Crippen LogP contribution in [0, 0.1) is 0 Å². The van der Waals surface area contributed by atoms with Crippen LogP contribution in [0.4, 0.5) is 10.5 Å². The lowest BCUT2D eigenvalue weighted by molar-refractivity contribution is 0.146. The van der Waals surface area contributed by atoms with E-state index >= 15 is 0 Å². The number of nitrogens with zero attached hydrogens (tertiary/aromatic N) is 3. The summed E-state index contributed by atoms with van der Waals surface area (Å²) in [6, 6.07) is 7.11. The molecule has 1 N–H and O–H groups in total. The third-order valence-electron chi connectivity index (χ3n) is 3.20. The van der Waals surface area contributed by atoms with Gasteiger partial charge in [0.15, 0.2) is 0 Å². The molecule has 2 rings (SSSR count). The van der Waals surface area contributed by atoms with E-state index in [0.717, 1.165) is 5.56 Å². The molecule has 23 heavy (non-hydrogen) atoms. The van der Waals surface area contributed by atoms with Gasteiger partial charge in [-0.1, -0.05) is 12.1 Å². The molecular weight excluding hydrogens is 296 g/mol. The molecule has 0 spiro atoms. The van der Waals surface area contributed by atoms with Crippen LogP contribution in [0.15, 0.2) is 36.7 Å². The van der Waals surface area contributed by atoms with Gasteiger partial charge in [0.25, 0.3) is 0 Å². The normalized spacial score (nSPS) is 10.4. The number of aromatic nitrogens is 2. The Morgan fingerprint density at radius 3 is 2.83 bits per heavy atom. The molecule has 2 aromatic rings. The zero-order valence-corrected chi connectivity index (χ0v) is 13.7. The van der Waals surface area contributed by atoms with Crippen LogP contribution in [0.2, 0.25) is 0 Å². The number of rotatable bonds is 7. The second-order valence-corrected chi connectivity index (χ2v) is 5.15. The monoisotopic (exact) mass is 318 g/mol. The number of anilines is 1. The summed E-state index contributed by atoms with van der Waals surface area (Å²) in [7, 11) is 5.19. The topological polar surface area (TPSA) is 68.6 Å². The fraction of sp³-hybridized carbons (Fsp3) is 0.375. The minimum absolute atomic E-state index is 0.211. The van der Waals surface area contributed by atoms with E-state index in [0.29, 0.717) is 31.2 Å². The lowest BCUT2D eigenvalue weighted by atomic mass is 10.3. The molecule has 0 aliphatic rings. The predicted octanol–water partition coefficient (Wildman–Crippen LogP) is 2.11. The summed E-state index contributed by atoms with van der Waals surface area (Å²) in [5, 5.41) is 6.95. The van der Waals surface area contributed by atoms with E-state index < -0.39 is 0 Å². The number of amides is 2. The van der Waals surface area contributed by atoms with Crippen LogP contribution < -0.4 is 10.1 Å². The van der Waals surface area contributed by atoms with E-state index in [-0.39, 0.29) is 6.03 Å².